The number of nitrogens with zero attached hydrogens (tertiary/aromatic N) is 2. The molecule has 0 aliphatic carbocycles. The Labute approximate surface area is 171 Å². The monoisotopic (exact) mass is 405 g/mol. The van der Waals surface area contributed by atoms with Crippen LogP contribution in [0.2, 0.25) is 0 Å². The number of aryl methyl sites for hydroxylation is 1. The largest absolute Gasteiger partial charge is 0.497 e. The van der Waals surface area contributed by atoms with Crippen LogP contribution in [0.15, 0.2) is 65.7 Å². The summed E-state index contributed by atoms with van der Waals surface area (Å²) in [5, 5.41) is 3.35. The maximum absolute atomic E-state index is 13.0. The topological polar surface area (TPSA) is 73.2 Å². The van der Waals surface area contributed by atoms with Gasteiger partial charge in [0.15, 0.2) is 0 Å². The van der Waals surface area contributed by atoms with Crippen molar-refractivity contribution in [1.29, 1.82) is 0 Å². The van der Waals surface area contributed by atoms with Gasteiger partial charge in [0.2, 0.25) is 0 Å². The first-order valence-electron chi connectivity index (χ1n) is 9.04. The van der Waals surface area contributed by atoms with Gasteiger partial charge in [-0.05, 0) is 30.2 Å². The van der Waals surface area contributed by atoms with Gasteiger partial charge >= 0.3 is 0 Å². The number of ether oxygens (including phenoxy) is 1. The van der Waals surface area contributed by atoms with Crippen molar-refractivity contribution in [1.82, 2.24) is 9.55 Å². The molecule has 0 bridgehead atoms. The minimum atomic E-state index is -0.271. The summed E-state index contributed by atoms with van der Waals surface area (Å²) in [7, 11) is 1.57. The van der Waals surface area contributed by atoms with Crippen LogP contribution < -0.4 is 15.6 Å². The Morgan fingerprint density at radius 2 is 1.97 bits per heavy atom. The van der Waals surface area contributed by atoms with Crippen molar-refractivity contribution < 1.29 is 9.53 Å². The first-order chi connectivity index (χ1) is 14.1. The summed E-state index contributed by atoms with van der Waals surface area (Å²) < 4.78 is 6.76. The molecule has 0 aliphatic heterocycles. The lowest BCUT2D eigenvalue weighted by molar-refractivity contribution is 0.103. The average Bonchev–Trinajstić information content (AvgIpc) is 3.08. The number of hydrogen-bond donors (Lipinski definition) is 1. The summed E-state index contributed by atoms with van der Waals surface area (Å²) in [5.41, 5.74) is 2.14. The van der Waals surface area contributed by atoms with E-state index in [2.05, 4.69) is 10.3 Å². The van der Waals surface area contributed by atoms with Crippen LogP contribution in [0.3, 0.4) is 0 Å². The van der Waals surface area contributed by atoms with E-state index in [1.807, 2.05) is 30.3 Å². The molecular formula is C22H19N3O3S. The number of amides is 1. The predicted octanol–water partition coefficient (Wildman–Crippen LogP) is 4.08. The van der Waals surface area contributed by atoms with Crippen molar-refractivity contribution in [2.24, 2.45) is 0 Å². The highest BCUT2D eigenvalue weighted by molar-refractivity contribution is 7.20. The lowest BCUT2D eigenvalue weighted by atomic mass is 10.2. The van der Waals surface area contributed by atoms with Crippen molar-refractivity contribution in [3.8, 4) is 5.75 Å². The highest BCUT2D eigenvalue weighted by Crippen LogP contribution is 2.28. The molecule has 2 heterocycles. The van der Waals surface area contributed by atoms with Crippen molar-refractivity contribution in [3.05, 3.63) is 87.3 Å². The van der Waals surface area contributed by atoms with Gasteiger partial charge in [0.25, 0.3) is 11.5 Å². The van der Waals surface area contributed by atoms with E-state index in [-0.39, 0.29) is 11.5 Å². The highest BCUT2D eigenvalue weighted by Gasteiger charge is 2.19. The molecule has 0 saturated carbocycles. The standard InChI is InChI=1S/C22H19N3O3S/c1-14-18-21(23-13-25(22(18)27)12-15-7-4-3-5-8-15)29-19(14)20(26)24-16-9-6-10-17(11-16)28-2/h3-11,13H,12H2,1-2H3,(H,24,26). The van der Waals surface area contributed by atoms with Gasteiger partial charge in [-0.25, -0.2) is 4.98 Å². The number of fused-ring (bicyclic) bond motifs is 1. The van der Waals surface area contributed by atoms with Crippen LogP contribution in [-0.4, -0.2) is 22.6 Å². The number of thiophene rings is 1. The van der Waals surface area contributed by atoms with Gasteiger partial charge in [-0.15, -0.1) is 11.3 Å². The number of hydrogen-bond acceptors (Lipinski definition) is 5. The first-order valence-corrected chi connectivity index (χ1v) is 9.86. The Hall–Kier alpha value is -3.45. The van der Waals surface area contributed by atoms with E-state index in [4.69, 9.17) is 4.74 Å². The van der Waals surface area contributed by atoms with Crippen LogP contribution in [0.25, 0.3) is 10.2 Å². The third-order valence-corrected chi connectivity index (χ3v) is 5.85. The van der Waals surface area contributed by atoms with E-state index in [0.717, 1.165) is 5.56 Å². The minimum Gasteiger partial charge on any atom is -0.497 e. The molecule has 7 heteroatoms. The summed E-state index contributed by atoms with van der Waals surface area (Å²) in [6.45, 7) is 2.22. The molecule has 0 atom stereocenters. The molecule has 4 rings (SSSR count). The Morgan fingerprint density at radius 1 is 1.17 bits per heavy atom. The molecule has 2 aromatic heterocycles. The number of carbonyl (C=O) groups excluding carboxylic acids is 1. The summed E-state index contributed by atoms with van der Waals surface area (Å²) in [4.78, 5) is 31.3. The Bertz CT molecular complexity index is 1250. The zero-order valence-corrected chi connectivity index (χ0v) is 16.8. The number of anilines is 1. The van der Waals surface area contributed by atoms with E-state index < -0.39 is 0 Å². The van der Waals surface area contributed by atoms with E-state index in [1.54, 1.807) is 42.9 Å². The van der Waals surface area contributed by atoms with Gasteiger partial charge in [-0.1, -0.05) is 36.4 Å². The lowest BCUT2D eigenvalue weighted by Gasteiger charge is -2.06. The van der Waals surface area contributed by atoms with Crippen LogP contribution in [0.5, 0.6) is 5.75 Å². The maximum atomic E-state index is 13.0. The van der Waals surface area contributed by atoms with Gasteiger partial charge in [0, 0.05) is 11.8 Å². The van der Waals surface area contributed by atoms with E-state index >= 15 is 0 Å². The fourth-order valence-corrected chi connectivity index (χ4v) is 4.19. The zero-order valence-electron chi connectivity index (χ0n) is 16.0. The smallest absolute Gasteiger partial charge is 0.266 e. The first kappa shape index (κ1) is 18.9. The van der Waals surface area contributed by atoms with Crippen molar-refractivity contribution in [2.75, 3.05) is 12.4 Å². The second kappa shape index (κ2) is 7.89. The van der Waals surface area contributed by atoms with E-state index in [9.17, 15) is 9.59 Å². The number of nitrogens with one attached hydrogen (secondary N) is 1. The lowest BCUT2D eigenvalue weighted by Crippen LogP contribution is -2.21. The normalized spacial score (nSPS) is 10.8. The summed E-state index contributed by atoms with van der Waals surface area (Å²) in [6.07, 6.45) is 1.54. The number of carbonyl (C=O) groups is 1. The fraction of sp³-hybridized carbons (Fsp3) is 0.136. The number of methoxy groups -OCH3 is 1. The summed E-state index contributed by atoms with van der Waals surface area (Å²) >= 11 is 1.22. The van der Waals surface area contributed by atoms with Crippen molar-refractivity contribution in [2.45, 2.75) is 13.5 Å². The number of benzene rings is 2. The molecular weight excluding hydrogens is 386 g/mol. The molecule has 0 saturated heterocycles. The quantitative estimate of drug-likeness (QED) is 0.543. The third kappa shape index (κ3) is 3.77. The van der Waals surface area contributed by atoms with Crippen molar-refractivity contribution in [3.63, 3.8) is 0 Å². The molecule has 0 fully saturated rings. The molecule has 146 valence electrons. The highest BCUT2D eigenvalue weighted by atomic mass is 32.1. The SMILES string of the molecule is COc1cccc(NC(=O)c2sc3ncn(Cc4ccccc4)c(=O)c3c2C)c1. The second-order valence-corrected chi connectivity index (χ2v) is 7.58. The fourth-order valence-electron chi connectivity index (χ4n) is 3.16. The molecule has 0 aliphatic rings. The maximum Gasteiger partial charge on any atom is 0.266 e. The number of rotatable bonds is 5. The van der Waals surface area contributed by atoms with Crippen LogP contribution in [-0.2, 0) is 6.54 Å². The van der Waals surface area contributed by atoms with Gasteiger partial charge in [0.1, 0.15) is 10.6 Å². The molecule has 6 nitrogen and oxygen atoms in total. The average molecular weight is 405 g/mol. The van der Waals surface area contributed by atoms with Crippen LogP contribution >= 0.6 is 11.3 Å². The molecule has 0 unspecified atom stereocenters. The molecule has 4 aromatic rings. The molecule has 29 heavy (non-hydrogen) atoms. The van der Waals surface area contributed by atoms with E-state index in [0.29, 0.717) is 38.6 Å². The Balaban J connectivity index is 1.67. The third-order valence-electron chi connectivity index (χ3n) is 4.65. The van der Waals surface area contributed by atoms with Crippen LogP contribution in [0, 0.1) is 6.92 Å². The zero-order chi connectivity index (χ0) is 20.4. The number of aromatic nitrogens is 2. The molecule has 0 radical (unpaired) electrons. The predicted molar refractivity (Wildman–Crippen MR) is 115 cm³/mol. The molecule has 2 aromatic carbocycles. The molecule has 1 N–H and O–H groups in total. The van der Waals surface area contributed by atoms with Crippen LogP contribution in [0.1, 0.15) is 20.8 Å². The van der Waals surface area contributed by atoms with Crippen LogP contribution in [0.4, 0.5) is 5.69 Å². The summed E-state index contributed by atoms with van der Waals surface area (Å²) in [5.74, 6) is 0.383. The van der Waals surface area contributed by atoms with Gasteiger partial charge < -0.3 is 10.1 Å². The molecule has 1 amide bonds. The Kier molecular flexibility index (Phi) is 5.14. The van der Waals surface area contributed by atoms with Gasteiger partial charge in [-0.3, -0.25) is 14.2 Å². The van der Waals surface area contributed by atoms with Crippen molar-refractivity contribution >= 4 is 33.1 Å². The Morgan fingerprint density at radius 3 is 2.72 bits per heavy atom. The minimum absolute atomic E-state index is 0.145. The van der Waals surface area contributed by atoms with Gasteiger partial charge in [0.05, 0.1) is 30.2 Å². The van der Waals surface area contributed by atoms with Gasteiger partial charge in [-0.2, -0.15) is 0 Å². The second-order valence-electron chi connectivity index (χ2n) is 6.59. The molecule has 0 spiro atoms. The van der Waals surface area contributed by atoms with E-state index in [1.165, 1.54) is 17.7 Å². The summed E-state index contributed by atoms with van der Waals surface area (Å²) in [6, 6.07) is 16.9.